The van der Waals surface area contributed by atoms with Crippen LogP contribution in [0.2, 0.25) is 5.02 Å². The first-order chi connectivity index (χ1) is 15.1. The number of benzene rings is 2. The maximum absolute atomic E-state index is 6.41. The molecule has 0 unspecified atom stereocenters. The predicted octanol–water partition coefficient (Wildman–Crippen LogP) is 8.02. The van der Waals surface area contributed by atoms with Gasteiger partial charge in [-0.1, -0.05) is 35.9 Å². The third kappa shape index (κ3) is 8.21. The van der Waals surface area contributed by atoms with Gasteiger partial charge >= 0.3 is 0 Å². The van der Waals surface area contributed by atoms with Gasteiger partial charge in [-0.25, -0.2) is 4.99 Å². The maximum Gasteiger partial charge on any atom is 0.0910 e. The monoisotopic (exact) mass is 476 g/mol. The minimum absolute atomic E-state index is 0.717. The molecule has 1 aliphatic rings. The van der Waals surface area contributed by atoms with Crippen molar-refractivity contribution < 1.29 is 0 Å². The summed E-state index contributed by atoms with van der Waals surface area (Å²) in [5.41, 5.74) is 7.89. The topological polar surface area (TPSA) is 15.6 Å². The van der Waals surface area contributed by atoms with Crippen LogP contribution in [-0.4, -0.2) is 37.0 Å². The van der Waals surface area contributed by atoms with Gasteiger partial charge in [0.25, 0.3) is 0 Å². The highest BCUT2D eigenvalue weighted by Gasteiger charge is 2.10. The number of rotatable bonds is 8. The van der Waals surface area contributed by atoms with Gasteiger partial charge in [0.15, 0.2) is 0 Å². The van der Waals surface area contributed by atoms with Crippen LogP contribution in [0.25, 0.3) is 5.57 Å². The molecule has 0 amide bonds. The van der Waals surface area contributed by atoms with Gasteiger partial charge in [0.05, 0.1) is 17.0 Å². The molecule has 31 heavy (non-hydrogen) atoms. The maximum atomic E-state index is 6.41. The first-order valence-electron chi connectivity index (χ1n) is 10.9. The van der Waals surface area contributed by atoms with Crippen LogP contribution in [0.15, 0.2) is 46.8 Å². The number of allylic oxidation sites excluding steroid dienone is 1. The Balaban J connectivity index is 0.00000166. The summed E-state index contributed by atoms with van der Waals surface area (Å²) in [6.45, 7) is 5.24. The summed E-state index contributed by atoms with van der Waals surface area (Å²) < 4.78 is 0. The van der Waals surface area contributed by atoms with Gasteiger partial charge in [0, 0.05) is 25.7 Å². The number of hydrogen-bond donors (Lipinski definition) is 0. The summed E-state index contributed by atoms with van der Waals surface area (Å²) in [5, 5.41) is 3.01. The van der Waals surface area contributed by atoms with Gasteiger partial charge in [0.2, 0.25) is 0 Å². The Labute approximate surface area is 202 Å². The summed E-state index contributed by atoms with van der Waals surface area (Å²) >= 11 is 12.9. The number of hydrogen-bond acceptors (Lipinski definition) is 2. The molecule has 0 fully saturated rings. The van der Waals surface area contributed by atoms with Gasteiger partial charge < -0.3 is 4.90 Å². The van der Waals surface area contributed by atoms with Crippen molar-refractivity contribution >= 4 is 52.6 Å². The average Bonchev–Trinajstić information content (AvgIpc) is 2.81. The van der Waals surface area contributed by atoms with E-state index >= 15 is 0 Å². The van der Waals surface area contributed by atoms with Crippen molar-refractivity contribution in [2.45, 2.75) is 46.0 Å². The second-order valence-electron chi connectivity index (χ2n) is 7.72. The van der Waals surface area contributed by atoms with E-state index in [2.05, 4.69) is 60.1 Å². The molecule has 2 aromatic carbocycles. The zero-order chi connectivity index (χ0) is 22.6. The van der Waals surface area contributed by atoms with Crippen molar-refractivity contribution in [3.8, 4) is 0 Å². The third-order valence-electron chi connectivity index (χ3n) is 5.48. The van der Waals surface area contributed by atoms with Crippen LogP contribution in [0, 0.1) is 0 Å². The Bertz CT molecular complexity index is 893. The fraction of sp³-hybridized carbons (Fsp3) is 0.423. The van der Waals surface area contributed by atoms with Crippen molar-refractivity contribution in [2.75, 3.05) is 25.7 Å². The summed E-state index contributed by atoms with van der Waals surface area (Å²) in [6.07, 6.45) is 9.44. The quantitative estimate of drug-likeness (QED) is 0.166. The zero-order valence-electron chi connectivity index (χ0n) is 19.1. The molecule has 0 heterocycles. The van der Waals surface area contributed by atoms with E-state index < -0.39 is 0 Å². The van der Waals surface area contributed by atoms with E-state index in [1.165, 1.54) is 48.8 Å². The van der Waals surface area contributed by atoms with Crippen molar-refractivity contribution in [2.24, 2.45) is 4.99 Å². The third-order valence-corrected chi connectivity index (χ3v) is 6.74. The molecule has 3 rings (SSSR count). The Morgan fingerprint density at radius 1 is 1.10 bits per heavy atom. The number of fused-ring (bicyclic) bond motifs is 1. The average molecular weight is 478 g/mol. The molecule has 0 aliphatic heterocycles. The van der Waals surface area contributed by atoms with Crippen LogP contribution in [-0.2, 0) is 19.3 Å². The molecule has 5 heteroatoms. The van der Waals surface area contributed by atoms with E-state index in [9.17, 15) is 0 Å². The first-order valence-corrected chi connectivity index (χ1v) is 13.1. The van der Waals surface area contributed by atoms with E-state index in [0.717, 1.165) is 24.4 Å². The highest BCUT2D eigenvalue weighted by atomic mass is 35.5. The molecule has 0 radical (unpaired) electrons. The highest BCUT2D eigenvalue weighted by molar-refractivity contribution is 8.02. The fourth-order valence-electron chi connectivity index (χ4n) is 3.46. The van der Waals surface area contributed by atoms with Gasteiger partial charge in [-0.3, -0.25) is 0 Å². The largest absolute Gasteiger partial charge is 0.366 e. The molecular weight excluding hydrogens is 443 g/mol. The summed E-state index contributed by atoms with van der Waals surface area (Å²) in [7, 11) is 2.00. The lowest BCUT2D eigenvalue weighted by atomic mass is 9.89. The molecule has 2 aromatic rings. The Morgan fingerprint density at radius 3 is 2.55 bits per heavy atom. The number of thioether (sulfide) groups is 1. The number of halogens is 2. The SMILES string of the molecule is CCN(C)C=Nc1ccc(CCS/C=C(\C)c2ccc3c(c2)CCCC3)cc1Cl.CCl. The van der Waals surface area contributed by atoms with Crippen molar-refractivity contribution in [3.63, 3.8) is 0 Å². The Hall–Kier alpha value is -1.42. The van der Waals surface area contributed by atoms with E-state index in [1.54, 1.807) is 11.1 Å². The van der Waals surface area contributed by atoms with Crippen LogP contribution in [0.1, 0.15) is 48.9 Å². The minimum atomic E-state index is 0.717. The van der Waals surface area contributed by atoms with E-state index in [1.807, 2.05) is 42.2 Å². The zero-order valence-corrected chi connectivity index (χ0v) is 21.5. The molecule has 0 atom stereocenters. The van der Waals surface area contributed by atoms with E-state index in [0.29, 0.717) is 5.02 Å². The lowest BCUT2D eigenvalue weighted by Crippen LogP contribution is -2.14. The second-order valence-corrected chi connectivity index (χ2v) is 9.10. The van der Waals surface area contributed by atoms with E-state index in [-0.39, 0.29) is 0 Å². The van der Waals surface area contributed by atoms with Crippen molar-refractivity contribution in [1.82, 2.24) is 4.90 Å². The fourth-order valence-corrected chi connectivity index (χ4v) is 4.57. The summed E-state index contributed by atoms with van der Waals surface area (Å²) in [5.74, 6) is 1.04. The number of alkyl halides is 1. The van der Waals surface area contributed by atoms with Gasteiger partial charge in [-0.05, 0) is 91.3 Å². The van der Waals surface area contributed by atoms with Gasteiger partial charge in [0.1, 0.15) is 0 Å². The highest BCUT2D eigenvalue weighted by Crippen LogP contribution is 2.28. The molecule has 0 bridgehead atoms. The smallest absolute Gasteiger partial charge is 0.0910 e. The summed E-state index contributed by atoms with van der Waals surface area (Å²) in [6, 6.07) is 13.2. The lowest BCUT2D eigenvalue weighted by Gasteiger charge is -2.16. The molecule has 0 saturated heterocycles. The number of nitrogens with zero attached hydrogens (tertiary/aromatic N) is 2. The molecule has 0 N–H and O–H groups in total. The van der Waals surface area contributed by atoms with Crippen LogP contribution in [0.5, 0.6) is 0 Å². The molecule has 0 saturated carbocycles. The molecule has 2 nitrogen and oxygen atoms in total. The molecular formula is C26H34Cl2N2S. The Kier molecular flexibility index (Phi) is 11.6. The normalized spacial score (nSPS) is 13.5. The van der Waals surface area contributed by atoms with Gasteiger partial charge in [-0.15, -0.1) is 23.4 Å². The number of aryl methyl sites for hydroxylation is 3. The minimum Gasteiger partial charge on any atom is -0.366 e. The lowest BCUT2D eigenvalue weighted by molar-refractivity contribution is 0.552. The molecule has 168 valence electrons. The molecule has 0 spiro atoms. The second kappa shape index (κ2) is 13.9. The first kappa shape index (κ1) is 25.8. The van der Waals surface area contributed by atoms with E-state index in [4.69, 9.17) is 11.6 Å². The van der Waals surface area contributed by atoms with Gasteiger partial charge in [-0.2, -0.15) is 0 Å². The van der Waals surface area contributed by atoms with Crippen molar-refractivity contribution in [3.05, 3.63) is 69.1 Å². The molecule has 1 aliphatic carbocycles. The molecule has 0 aromatic heterocycles. The van der Waals surface area contributed by atoms with Crippen LogP contribution < -0.4 is 0 Å². The number of aliphatic imine (C=N–C) groups is 1. The van der Waals surface area contributed by atoms with Crippen LogP contribution in [0.4, 0.5) is 5.69 Å². The van der Waals surface area contributed by atoms with Crippen LogP contribution >= 0.6 is 35.0 Å². The standard InChI is InChI=1S/C25H31ClN2S.CH3Cl/c1-4-28(3)18-27-25-12-9-20(15-24(25)26)13-14-29-17-19(2)22-11-10-21-7-5-6-8-23(21)16-22;1-2/h9-12,15-18H,4-8,13-14H2,1-3H3;1H3/b19-17+,27-18?;. The Morgan fingerprint density at radius 2 is 1.84 bits per heavy atom. The van der Waals surface area contributed by atoms with Crippen molar-refractivity contribution in [1.29, 1.82) is 0 Å². The summed E-state index contributed by atoms with van der Waals surface area (Å²) in [4.78, 5) is 6.48. The van der Waals surface area contributed by atoms with Crippen LogP contribution in [0.3, 0.4) is 0 Å². The predicted molar refractivity (Wildman–Crippen MR) is 143 cm³/mol.